The van der Waals surface area contributed by atoms with E-state index in [-0.39, 0.29) is 17.9 Å². The molecule has 2 N–H and O–H groups in total. The fourth-order valence-corrected chi connectivity index (χ4v) is 4.51. The van der Waals surface area contributed by atoms with E-state index in [9.17, 15) is 39.6 Å². The van der Waals surface area contributed by atoms with Crippen LogP contribution in [0.5, 0.6) is 0 Å². The monoisotopic (exact) mass is 576 g/mol. The van der Waals surface area contributed by atoms with Crippen LogP contribution in [0, 0.1) is 6.92 Å². The average molecular weight is 577 g/mol. The minimum Gasteiger partial charge on any atom is -0.481 e. The van der Waals surface area contributed by atoms with Crippen molar-refractivity contribution in [3.05, 3.63) is 65.7 Å². The van der Waals surface area contributed by atoms with Gasteiger partial charge in [0.25, 0.3) is 10.0 Å². The molecular weight excluding hydrogens is 554 g/mol. The van der Waals surface area contributed by atoms with E-state index in [0.717, 1.165) is 17.0 Å². The first-order valence-electron chi connectivity index (χ1n) is 11.2. The van der Waals surface area contributed by atoms with Crippen LogP contribution in [0.1, 0.15) is 24.0 Å². The Kier molecular flexibility index (Phi) is 8.73. The molecule has 0 aliphatic rings. The Hall–Kier alpha value is -3.88. The van der Waals surface area contributed by atoms with Crippen molar-refractivity contribution in [3.63, 3.8) is 0 Å². The number of halogens is 6. The number of alkyl halides is 6. The number of sulfonamides is 1. The Morgan fingerprint density at radius 2 is 1.64 bits per heavy atom. The zero-order valence-corrected chi connectivity index (χ0v) is 21.0. The molecule has 0 saturated carbocycles. The fraction of sp³-hybridized carbons (Fsp3) is 0.292. The van der Waals surface area contributed by atoms with Gasteiger partial charge in [0.15, 0.2) is 5.03 Å². The van der Waals surface area contributed by atoms with Crippen molar-refractivity contribution in [2.75, 3.05) is 22.7 Å². The third-order valence-electron chi connectivity index (χ3n) is 5.41. The van der Waals surface area contributed by atoms with Gasteiger partial charge in [-0.15, -0.1) is 0 Å². The van der Waals surface area contributed by atoms with Crippen LogP contribution < -0.4 is 9.62 Å². The molecular formula is C24H22F6N4O4S. The molecule has 0 atom stereocenters. The number of benzene rings is 1. The Morgan fingerprint density at radius 1 is 0.949 bits per heavy atom. The van der Waals surface area contributed by atoms with Crippen LogP contribution in [0.2, 0.25) is 0 Å². The van der Waals surface area contributed by atoms with Gasteiger partial charge in [-0.05, 0) is 36.8 Å². The number of aliphatic carboxylic acids is 1. The highest BCUT2D eigenvalue weighted by Gasteiger charge is 2.35. The molecule has 0 unspecified atom stereocenters. The number of rotatable bonds is 10. The summed E-state index contributed by atoms with van der Waals surface area (Å²) in [5.41, 5.74) is -0.997. The number of nitrogens with zero attached hydrogens (tertiary/aromatic N) is 3. The van der Waals surface area contributed by atoms with Gasteiger partial charge in [0, 0.05) is 18.7 Å². The molecule has 0 fully saturated rings. The second-order valence-electron chi connectivity index (χ2n) is 8.34. The molecule has 15 heteroatoms. The molecule has 2 aromatic heterocycles. The summed E-state index contributed by atoms with van der Waals surface area (Å²) >= 11 is 0. The first-order valence-corrected chi connectivity index (χ1v) is 12.7. The summed E-state index contributed by atoms with van der Waals surface area (Å²) in [6, 6.07) is 11.0. The van der Waals surface area contributed by atoms with Gasteiger partial charge in [-0.3, -0.25) is 9.52 Å². The zero-order valence-electron chi connectivity index (χ0n) is 20.2. The van der Waals surface area contributed by atoms with Gasteiger partial charge in [-0.25, -0.2) is 9.97 Å². The van der Waals surface area contributed by atoms with Crippen LogP contribution >= 0.6 is 0 Å². The van der Waals surface area contributed by atoms with Gasteiger partial charge >= 0.3 is 18.3 Å². The van der Waals surface area contributed by atoms with Gasteiger partial charge in [0.2, 0.25) is 0 Å². The number of carbonyl (C=O) groups is 1. The number of nitrogens with one attached hydrogen (secondary N) is 1. The summed E-state index contributed by atoms with van der Waals surface area (Å²) in [5, 5.41) is 8.26. The Labute approximate surface area is 219 Å². The second-order valence-corrected chi connectivity index (χ2v) is 9.97. The van der Waals surface area contributed by atoms with Crippen molar-refractivity contribution in [2.24, 2.45) is 0 Å². The number of hydrogen-bond donors (Lipinski definition) is 2. The van der Waals surface area contributed by atoms with E-state index >= 15 is 0 Å². The molecule has 0 saturated heterocycles. The lowest BCUT2D eigenvalue weighted by Crippen LogP contribution is -2.31. The molecule has 8 nitrogen and oxygen atoms in total. The Balaban J connectivity index is 1.97. The van der Waals surface area contributed by atoms with Crippen LogP contribution in [0.15, 0.2) is 59.6 Å². The molecule has 0 radical (unpaired) electrons. The lowest BCUT2D eigenvalue weighted by molar-refractivity contribution is -0.138. The molecule has 0 amide bonds. The molecule has 210 valence electrons. The molecule has 0 bridgehead atoms. The Morgan fingerprint density at radius 3 is 2.26 bits per heavy atom. The van der Waals surface area contributed by atoms with E-state index in [1.165, 1.54) is 24.3 Å². The van der Waals surface area contributed by atoms with E-state index in [1.54, 1.807) is 19.1 Å². The van der Waals surface area contributed by atoms with Gasteiger partial charge < -0.3 is 10.0 Å². The third kappa shape index (κ3) is 8.05. The summed E-state index contributed by atoms with van der Waals surface area (Å²) in [7, 11) is -4.57. The molecule has 0 aliphatic carbocycles. The zero-order chi connectivity index (χ0) is 29.0. The lowest BCUT2D eigenvalue weighted by Gasteiger charge is -2.24. The molecule has 0 spiro atoms. The number of aromatic nitrogens is 2. The van der Waals surface area contributed by atoms with Crippen LogP contribution in [0.4, 0.5) is 38.0 Å². The molecule has 39 heavy (non-hydrogen) atoms. The van der Waals surface area contributed by atoms with Crippen molar-refractivity contribution in [2.45, 2.75) is 37.1 Å². The van der Waals surface area contributed by atoms with E-state index < -0.39 is 69.8 Å². The summed E-state index contributed by atoms with van der Waals surface area (Å²) in [5.74, 6) is -1.96. The molecule has 0 aliphatic heterocycles. The quantitative estimate of drug-likeness (QED) is 0.306. The summed E-state index contributed by atoms with van der Waals surface area (Å²) in [4.78, 5) is 19.7. The number of hydrogen-bond acceptors (Lipinski definition) is 6. The van der Waals surface area contributed by atoms with Crippen LogP contribution in [-0.4, -0.2) is 48.7 Å². The first-order chi connectivity index (χ1) is 18.1. The molecule has 1 aromatic carbocycles. The number of carboxylic acids is 1. The Bertz CT molecular complexity index is 1450. The number of aryl methyl sites for hydroxylation is 1. The molecule has 2 heterocycles. The van der Waals surface area contributed by atoms with Gasteiger partial charge in [-0.1, -0.05) is 30.3 Å². The highest BCUT2D eigenvalue weighted by molar-refractivity contribution is 7.92. The highest BCUT2D eigenvalue weighted by Crippen LogP contribution is 2.38. The minimum absolute atomic E-state index is 0.129. The molecule has 3 aromatic rings. The standard InChI is InChI=1S/C24H22F6N4O4S/c1-15-5-2-3-6-16(15)22-17(24(28,29)30)9-10-18(31-22)33-39(37,38)20-8-4-7-19(32-20)34(13-11-21(35)36)14-12-23(25,26)27/h2-10H,11-14H2,1H3,(H,31,33)(H,35,36). The highest BCUT2D eigenvalue weighted by atomic mass is 32.2. The van der Waals surface area contributed by atoms with Crippen LogP contribution in [0.3, 0.4) is 0 Å². The van der Waals surface area contributed by atoms with Crippen LogP contribution in [0.25, 0.3) is 11.3 Å². The summed E-state index contributed by atoms with van der Waals surface area (Å²) in [6.45, 7) is 0.509. The number of carboxylic acid groups (broad SMARTS) is 1. The smallest absolute Gasteiger partial charge is 0.418 e. The second kappa shape index (κ2) is 11.5. The van der Waals surface area contributed by atoms with Gasteiger partial charge in [0.05, 0.1) is 24.1 Å². The minimum atomic E-state index is -4.78. The number of pyridine rings is 2. The van der Waals surface area contributed by atoms with E-state index in [1.807, 2.05) is 0 Å². The topological polar surface area (TPSA) is 112 Å². The fourth-order valence-electron chi connectivity index (χ4n) is 3.54. The van der Waals surface area contributed by atoms with Crippen LogP contribution in [-0.2, 0) is 21.0 Å². The average Bonchev–Trinajstić information content (AvgIpc) is 2.82. The number of anilines is 2. The maximum atomic E-state index is 13.7. The molecule has 3 rings (SSSR count). The first kappa shape index (κ1) is 29.7. The summed E-state index contributed by atoms with van der Waals surface area (Å²) < 4.78 is 107. The van der Waals surface area contributed by atoms with E-state index in [0.29, 0.717) is 11.6 Å². The lowest BCUT2D eigenvalue weighted by atomic mass is 10.0. The van der Waals surface area contributed by atoms with Crippen molar-refractivity contribution < 1.29 is 44.7 Å². The maximum absolute atomic E-state index is 13.7. The SMILES string of the molecule is Cc1ccccc1-c1nc(NS(=O)(=O)c2cccc(N(CCC(=O)O)CCC(F)(F)F)n2)ccc1C(F)(F)F. The summed E-state index contributed by atoms with van der Waals surface area (Å²) in [6.07, 6.45) is -11.2. The van der Waals surface area contributed by atoms with E-state index in [2.05, 4.69) is 14.7 Å². The van der Waals surface area contributed by atoms with E-state index in [4.69, 9.17) is 5.11 Å². The maximum Gasteiger partial charge on any atom is 0.418 e. The largest absolute Gasteiger partial charge is 0.481 e. The van der Waals surface area contributed by atoms with Gasteiger partial charge in [0.1, 0.15) is 11.6 Å². The van der Waals surface area contributed by atoms with Crippen molar-refractivity contribution in [1.29, 1.82) is 0 Å². The predicted octanol–water partition coefficient (Wildman–Crippen LogP) is 5.51. The van der Waals surface area contributed by atoms with Crippen molar-refractivity contribution in [3.8, 4) is 11.3 Å². The predicted molar refractivity (Wildman–Crippen MR) is 130 cm³/mol. The third-order valence-corrected chi connectivity index (χ3v) is 6.66. The van der Waals surface area contributed by atoms with Crippen molar-refractivity contribution >= 4 is 27.6 Å². The van der Waals surface area contributed by atoms with Gasteiger partial charge in [-0.2, -0.15) is 34.8 Å². The normalized spacial score (nSPS) is 12.3. The van der Waals surface area contributed by atoms with Crippen molar-refractivity contribution in [1.82, 2.24) is 9.97 Å².